The highest BCUT2D eigenvalue weighted by Crippen LogP contribution is 2.25. The van der Waals surface area contributed by atoms with Gasteiger partial charge >= 0.3 is 0 Å². The van der Waals surface area contributed by atoms with E-state index >= 15 is 0 Å². The molecule has 2 aromatic carbocycles. The quantitative estimate of drug-likeness (QED) is 0.416. The Labute approximate surface area is 168 Å². The highest BCUT2D eigenvalue weighted by molar-refractivity contribution is 7.98. The topological polar surface area (TPSA) is 84.7 Å². The number of nitro groups is 1. The van der Waals surface area contributed by atoms with Crippen LogP contribution in [0.4, 0.5) is 11.4 Å². The first kappa shape index (κ1) is 20.2. The Morgan fingerprint density at radius 2 is 1.93 bits per heavy atom. The van der Waals surface area contributed by atoms with Crippen molar-refractivity contribution >= 4 is 29.0 Å². The molecular weight excluding hydrogens is 378 g/mol. The van der Waals surface area contributed by atoms with Gasteiger partial charge in [-0.25, -0.2) is 0 Å². The Bertz CT molecular complexity index is 810. The van der Waals surface area contributed by atoms with Crippen LogP contribution >= 0.6 is 11.8 Å². The summed E-state index contributed by atoms with van der Waals surface area (Å²) < 4.78 is 5.34. The van der Waals surface area contributed by atoms with Crippen LogP contribution in [0, 0.1) is 10.1 Å². The summed E-state index contributed by atoms with van der Waals surface area (Å²) in [7, 11) is 0. The maximum absolute atomic E-state index is 12.6. The SMILES string of the molecule is O=C(NCCSCc1ccccc1)c1cc(N2CCOCC2)ccc1[N+](=O)[O-]. The van der Waals surface area contributed by atoms with Crippen molar-refractivity contribution in [3.8, 4) is 0 Å². The lowest BCUT2D eigenvalue weighted by molar-refractivity contribution is -0.385. The van der Waals surface area contributed by atoms with Gasteiger partial charge in [-0.15, -0.1) is 0 Å². The molecule has 1 saturated heterocycles. The number of hydrogen-bond donors (Lipinski definition) is 1. The third-order valence-corrected chi connectivity index (χ3v) is 5.47. The van der Waals surface area contributed by atoms with Gasteiger partial charge in [-0.3, -0.25) is 14.9 Å². The van der Waals surface area contributed by atoms with Crippen molar-refractivity contribution in [3.63, 3.8) is 0 Å². The summed E-state index contributed by atoms with van der Waals surface area (Å²) in [4.78, 5) is 25.5. The number of nitrogens with zero attached hydrogens (tertiary/aromatic N) is 2. The van der Waals surface area contributed by atoms with Gasteiger partial charge in [0.1, 0.15) is 5.56 Å². The lowest BCUT2D eigenvalue weighted by atomic mass is 10.1. The molecule has 0 aromatic heterocycles. The minimum Gasteiger partial charge on any atom is -0.378 e. The predicted molar refractivity (Wildman–Crippen MR) is 111 cm³/mol. The van der Waals surface area contributed by atoms with E-state index < -0.39 is 10.8 Å². The number of amides is 1. The largest absolute Gasteiger partial charge is 0.378 e. The van der Waals surface area contributed by atoms with Gasteiger partial charge in [0, 0.05) is 42.9 Å². The molecule has 7 nitrogen and oxygen atoms in total. The number of anilines is 1. The van der Waals surface area contributed by atoms with Crippen LogP contribution in [-0.4, -0.2) is 49.4 Å². The van der Waals surface area contributed by atoms with Crippen molar-refractivity contribution in [1.29, 1.82) is 0 Å². The first-order valence-electron chi connectivity index (χ1n) is 9.16. The highest BCUT2D eigenvalue weighted by Gasteiger charge is 2.22. The Hall–Kier alpha value is -2.58. The van der Waals surface area contributed by atoms with Crippen LogP contribution in [0.1, 0.15) is 15.9 Å². The van der Waals surface area contributed by atoms with Gasteiger partial charge in [-0.05, 0) is 17.7 Å². The van der Waals surface area contributed by atoms with Crippen molar-refractivity contribution in [2.45, 2.75) is 5.75 Å². The van der Waals surface area contributed by atoms with Crippen LogP contribution < -0.4 is 10.2 Å². The predicted octanol–water partition coefficient (Wildman–Crippen LogP) is 3.09. The standard InChI is InChI=1S/C20H23N3O4S/c24-20(21-8-13-28-15-16-4-2-1-3-5-16)18-14-17(6-7-19(18)23(25)26)22-9-11-27-12-10-22/h1-7,14H,8-13,15H2,(H,21,24). The number of nitro benzene ring substituents is 1. The van der Waals surface area contributed by atoms with Crippen LogP contribution in [0.3, 0.4) is 0 Å². The Balaban J connectivity index is 1.58. The summed E-state index contributed by atoms with van der Waals surface area (Å²) in [5.74, 6) is 1.18. The molecule has 1 heterocycles. The van der Waals surface area contributed by atoms with E-state index in [0.29, 0.717) is 32.8 Å². The molecule has 28 heavy (non-hydrogen) atoms. The normalized spacial score (nSPS) is 13.9. The molecule has 0 unspecified atom stereocenters. The fraction of sp³-hybridized carbons (Fsp3) is 0.350. The summed E-state index contributed by atoms with van der Waals surface area (Å²) in [6, 6.07) is 14.8. The van der Waals surface area contributed by atoms with Gasteiger partial charge in [0.2, 0.25) is 0 Å². The zero-order chi connectivity index (χ0) is 19.8. The number of thioether (sulfide) groups is 1. The number of nitrogens with one attached hydrogen (secondary N) is 1. The average Bonchev–Trinajstić information content (AvgIpc) is 2.74. The molecule has 1 fully saturated rings. The third kappa shape index (κ3) is 5.46. The zero-order valence-electron chi connectivity index (χ0n) is 15.5. The highest BCUT2D eigenvalue weighted by atomic mass is 32.2. The Kier molecular flexibility index (Phi) is 7.27. The Morgan fingerprint density at radius 3 is 2.64 bits per heavy atom. The van der Waals surface area contributed by atoms with Crippen LogP contribution in [0.2, 0.25) is 0 Å². The summed E-state index contributed by atoms with van der Waals surface area (Å²) in [5.41, 5.74) is 1.96. The summed E-state index contributed by atoms with van der Waals surface area (Å²) in [5, 5.41) is 14.1. The second-order valence-corrected chi connectivity index (χ2v) is 7.46. The van der Waals surface area contributed by atoms with E-state index in [1.165, 1.54) is 11.6 Å². The summed E-state index contributed by atoms with van der Waals surface area (Å²) in [6.45, 7) is 3.08. The van der Waals surface area contributed by atoms with Crippen LogP contribution in [0.25, 0.3) is 0 Å². The van der Waals surface area contributed by atoms with Crippen LogP contribution in [-0.2, 0) is 10.5 Å². The van der Waals surface area contributed by atoms with E-state index in [1.54, 1.807) is 23.9 Å². The smallest absolute Gasteiger partial charge is 0.282 e. The van der Waals surface area contributed by atoms with E-state index in [9.17, 15) is 14.9 Å². The second-order valence-electron chi connectivity index (χ2n) is 6.35. The lowest BCUT2D eigenvalue weighted by Crippen LogP contribution is -2.36. The molecule has 1 aliphatic rings. The first-order chi connectivity index (χ1) is 13.6. The number of rotatable bonds is 8. The molecule has 0 radical (unpaired) electrons. The molecule has 1 amide bonds. The van der Waals surface area contributed by atoms with E-state index in [2.05, 4.69) is 22.3 Å². The average molecular weight is 401 g/mol. The monoisotopic (exact) mass is 401 g/mol. The van der Waals surface area contributed by atoms with E-state index in [0.717, 1.165) is 17.2 Å². The van der Waals surface area contributed by atoms with Gasteiger partial charge in [0.15, 0.2) is 0 Å². The van der Waals surface area contributed by atoms with E-state index in [1.807, 2.05) is 18.2 Å². The molecule has 3 rings (SSSR count). The van der Waals surface area contributed by atoms with E-state index in [4.69, 9.17) is 4.74 Å². The molecule has 1 N–H and O–H groups in total. The number of hydrogen-bond acceptors (Lipinski definition) is 6. The van der Waals surface area contributed by atoms with Crippen molar-refractivity contribution in [2.24, 2.45) is 0 Å². The van der Waals surface area contributed by atoms with Gasteiger partial charge in [0.25, 0.3) is 11.6 Å². The van der Waals surface area contributed by atoms with Crippen LogP contribution in [0.15, 0.2) is 48.5 Å². The van der Waals surface area contributed by atoms with E-state index in [-0.39, 0.29) is 11.3 Å². The molecule has 148 valence electrons. The molecule has 1 aliphatic heterocycles. The van der Waals surface area contributed by atoms with Crippen LogP contribution in [0.5, 0.6) is 0 Å². The lowest BCUT2D eigenvalue weighted by Gasteiger charge is -2.29. The molecular formula is C20H23N3O4S. The minimum atomic E-state index is -0.512. The molecule has 0 atom stereocenters. The fourth-order valence-electron chi connectivity index (χ4n) is 2.98. The molecule has 0 bridgehead atoms. The van der Waals surface area contributed by atoms with Crippen molar-refractivity contribution in [1.82, 2.24) is 5.32 Å². The first-order valence-corrected chi connectivity index (χ1v) is 10.3. The summed E-state index contributed by atoms with van der Waals surface area (Å²) in [6.07, 6.45) is 0. The maximum atomic E-state index is 12.6. The number of benzene rings is 2. The second kappa shape index (κ2) is 10.1. The summed E-state index contributed by atoms with van der Waals surface area (Å²) >= 11 is 1.71. The minimum absolute atomic E-state index is 0.0991. The van der Waals surface area contributed by atoms with Gasteiger partial charge in [0.05, 0.1) is 18.1 Å². The number of morpholine rings is 1. The van der Waals surface area contributed by atoms with Crippen molar-refractivity contribution in [2.75, 3.05) is 43.5 Å². The third-order valence-electron chi connectivity index (χ3n) is 4.44. The Morgan fingerprint density at radius 1 is 1.18 bits per heavy atom. The molecule has 2 aromatic rings. The maximum Gasteiger partial charge on any atom is 0.282 e. The molecule has 8 heteroatoms. The number of carbonyl (C=O) groups is 1. The molecule has 0 saturated carbocycles. The fourth-order valence-corrected chi connectivity index (χ4v) is 3.80. The number of carbonyl (C=O) groups excluding carboxylic acids is 1. The van der Waals surface area contributed by atoms with Crippen molar-refractivity contribution < 1.29 is 14.5 Å². The van der Waals surface area contributed by atoms with Gasteiger partial charge in [-0.2, -0.15) is 11.8 Å². The van der Waals surface area contributed by atoms with Gasteiger partial charge < -0.3 is 15.0 Å². The molecule has 0 spiro atoms. The molecule has 0 aliphatic carbocycles. The zero-order valence-corrected chi connectivity index (χ0v) is 16.3. The number of ether oxygens (including phenoxy) is 1. The van der Waals surface area contributed by atoms with Gasteiger partial charge in [-0.1, -0.05) is 30.3 Å². The van der Waals surface area contributed by atoms with Crippen molar-refractivity contribution in [3.05, 3.63) is 69.8 Å².